The summed E-state index contributed by atoms with van der Waals surface area (Å²) < 4.78 is 7.63. The topological polar surface area (TPSA) is 42.3 Å². The molecule has 0 aliphatic carbocycles. The van der Waals surface area contributed by atoms with Gasteiger partial charge in [-0.05, 0) is 61.4 Å². The zero-order valence-electron chi connectivity index (χ0n) is 19.2. The van der Waals surface area contributed by atoms with Crippen molar-refractivity contribution < 1.29 is 4.74 Å². The smallest absolute Gasteiger partial charge is 0.204 e. The Labute approximate surface area is 186 Å². The van der Waals surface area contributed by atoms with Crippen molar-refractivity contribution in [2.45, 2.75) is 52.1 Å². The summed E-state index contributed by atoms with van der Waals surface area (Å²) in [6, 6.07) is 17.4. The first kappa shape index (κ1) is 21.7. The number of hydrogen-bond acceptors (Lipinski definition) is 4. The quantitative estimate of drug-likeness (QED) is 0.516. The van der Waals surface area contributed by atoms with Crippen LogP contribution in [0.1, 0.15) is 38.7 Å². The number of nitrogens with zero attached hydrogens (tertiary/aromatic N) is 3. The Kier molecular flexibility index (Phi) is 7.13. The Balaban J connectivity index is 1.32. The molecule has 1 N–H and O–H groups in total. The average molecular weight is 421 g/mol. The molecule has 2 heterocycles. The highest BCUT2D eigenvalue weighted by Gasteiger charge is 2.21. The summed E-state index contributed by atoms with van der Waals surface area (Å²) >= 11 is 0. The summed E-state index contributed by atoms with van der Waals surface area (Å²) in [5.74, 6) is 2.65. The van der Waals surface area contributed by atoms with Crippen LogP contribution in [0.3, 0.4) is 0 Å². The number of fused-ring (bicyclic) bond motifs is 1. The van der Waals surface area contributed by atoms with Gasteiger partial charge in [-0.1, -0.05) is 38.1 Å². The number of nitrogens with one attached hydrogen (secondary N) is 1. The Morgan fingerprint density at radius 2 is 1.77 bits per heavy atom. The van der Waals surface area contributed by atoms with E-state index in [1.165, 1.54) is 17.5 Å². The maximum Gasteiger partial charge on any atom is 0.204 e. The second kappa shape index (κ2) is 10.2. The van der Waals surface area contributed by atoms with Crippen molar-refractivity contribution in [1.29, 1.82) is 0 Å². The Morgan fingerprint density at radius 1 is 1.03 bits per heavy atom. The summed E-state index contributed by atoms with van der Waals surface area (Å²) in [6.07, 6.45) is 4.58. The molecule has 1 aliphatic rings. The molecule has 31 heavy (non-hydrogen) atoms. The summed E-state index contributed by atoms with van der Waals surface area (Å²) in [4.78, 5) is 7.51. The van der Waals surface area contributed by atoms with Crippen LogP contribution in [0.15, 0.2) is 48.5 Å². The highest BCUT2D eigenvalue weighted by atomic mass is 16.5. The van der Waals surface area contributed by atoms with Gasteiger partial charge in [0.05, 0.1) is 18.1 Å². The number of aromatic nitrogens is 2. The fraction of sp³-hybridized carbons (Fsp3) is 0.500. The maximum atomic E-state index is 5.25. The average Bonchev–Trinajstić information content (AvgIpc) is 3.14. The molecular formula is C26H36N4O. The molecule has 0 radical (unpaired) electrons. The molecule has 1 aliphatic heterocycles. The largest absolute Gasteiger partial charge is 0.497 e. The molecule has 0 saturated carbocycles. The predicted octanol–water partition coefficient (Wildman–Crippen LogP) is 5.21. The number of piperidine rings is 1. The molecule has 0 atom stereocenters. The molecule has 1 aromatic heterocycles. The van der Waals surface area contributed by atoms with Crippen LogP contribution < -0.4 is 10.1 Å². The number of methoxy groups -OCH3 is 1. The number of ether oxygens (including phenoxy) is 1. The van der Waals surface area contributed by atoms with Crippen molar-refractivity contribution in [1.82, 2.24) is 14.5 Å². The van der Waals surface area contributed by atoms with Crippen molar-refractivity contribution in [2.75, 3.05) is 32.1 Å². The van der Waals surface area contributed by atoms with Gasteiger partial charge in [0.25, 0.3) is 0 Å². The number of hydrogen-bond donors (Lipinski definition) is 1. The minimum atomic E-state index is 0.492. The standard InChI is InChI=1S/C26H36N4O/c1-20(2)12-19-30-25-7-5-4-6-24(25)28-26(30)27-22-14-17-29(18-15-22)16-13-21-8-10-23(31-3)11-9-21/h4-11,20,22H,12-19H2,1-3H3,(H,27,28). The van der Waals surface area contributed by atoms with Crippen LogP contribution in [0.25, 0.3) is 11.0 Å². The number of imidazole rings is 1. The van der Waals surface area contributed by atoms with Crippen LogP contribution in [-0.2, 0) is 13.0 Å². The zero-order valence-corrected chi connectivity index (χ0v) is 19.2. The lowest BCUT2D eigenvalue weighted by Crippen LogP contribution is -2.40. The lowest BCUT2D eigenvalue weighted by Gasteiger charge is -2.32. The highest BCUT2D eigenvalue weighted by Crippen LogP contribution is 2.24. The third-order valence-electron chi connectivity index (χ3n) is 6.38. The van der Waals surface area contributed by atoms with Crippen molar-refractivity contribution in [3.63, 3.8) is 0 Å². The van der Waals surface area contributed by atoms with Crippen molar-refractivity contribution in [3.8, 4) is 5.75 Å². The number of rotatable bonds is 9. The van der Waals surface area contributed by atoms with E-state index in [-0.39, 0.29) is 0 Å². The normalized spacial score (nSPS) is 15.6. The fourth-order valence-corrected chi connectivity index (χ4v) is 4.36. The molecule has 1 saturated heterocycles. The highest BCUT2D eigenvalue weighted by molar-refractivity contribution is 5.78. The number of para-hydroxylation sites is 2. The molecule has 5 nitrogen and oxygen atoms in total. The summed E-state index contributed by atoms with van der Waals surface area (Å²) in [5, 5.41) is 3.78. The van der Waals surface area contributed by atoms with Gasteiger partial charge in [-0.25, -0.2) is 4.98 Å². The van der Waals surface area contributed by atoms with Crippen LogP contribution in [-0.4, -0.2) is 47.2 Å². The number of benzene rings is 2. The minimum Gasteiger partial charge on any atom is -0.497 e. The molecule has 3 aromatic rings. The second-order valence-corrected chi connectivity index (χ2v) is 9.12. The molecule has 1 fully saturated rings. The summed E-state index contributed by atoms with van der Waals surface area (Å²) in [5.41, 5.74) is 3.70. The number of aryl methyl sites for hydroxylation is 1. The minimum absolute atomic E-state index is 0.492. The molecule has 0 spiro atoms. The Hall–Kier alpha value is -2.53. The molecule has 5 heteroatoms. The van der Waals surface area contributed by atoms with Crippen LogP contribution in [0, 0.1) is 5.92 Å². The van der Waals surface area contributed by atoms with E-state index in [0.717, 1.165) is 62.7 Å². The molecular weight excluding hydrogens is 384 g/mol. The van der Waals surface area contributed by atoms with Crippen molar-refractivity contribution >= 4 is 17.0 Å². The van der Waals surface area contributed by atoms with Gasteiger partial charge in [0, 0.05) is 32.2 Å². The monoisotopic (exact) mass is 420 g/mol. The SMILES string of the molecule is COc1ccc(CCN2CCC(Nc3nc4ccccc4n3CCC(C)C)CC2)cc1. The zero-order chi connectivity index (χ0) is 21.6. The van der Waals surface area contributed by atoms with E-state index in [1.807, 2.05) is 0 Å². The third-order valence-corrected chi connectivity index (χ3v) is 6.38. The summed E-state index contributed by atoms with van der Waals surface area (Å²) in [7, 11) is 1.71. The molecule has 4 rings (SSSR count). The number of likely N-dealkylation sites (tertiary alicyclic amines) is 1. The van der Waals surface area contributed by atoms with Gasteiger partial charge in [0.2, 0.25) is 5.95 Å². The third kappa shape index (κ3) is 5.59. The fourth-order valence-electron chi connectivity index (χ4n) is 4.36. The van der Waals surface area contributed by atoms with Crippen LogP contribution in [0.5, 0.6) is 5.75 Å². The van der Waals surface area contributed by atoms with Gasteiger partial charge in [-0.15, -0.1) is 0 Å². The van der Waals surface area contributed by atoms with Gasteiger partial charge in [0.15, 0.2) is 0 Å². The van der Waals surface area contributed by atoms with E-state index in [4.69, 9.17) is 9.72 Å². The predicted molar refractivity (Wildman–Crippen MR) is 129 cm³/mol. The first-order valence-corrected chi connectivity index (χ1v) is 11.7. The maximum absolute atomic E-state index is 5.25. The Morgan fingerprint density at radius 3 is 2.48 bits per heavy atom. The van der Waals surface area contributed by atoms with E-state index in [9.17, 15) is 0 Å². The lowest BCUT2D eigenvalue weighted by molar-refractivity contribution is 0.221. The number of anilines is 1. The van der Waals surface area contributed by atoms with Crippen LogP contribution >= 0.6 is 0 Å². The van der Waals surface area contributed by atoms with Gasteiger partial charge < -0.3 is 19.5 Å². The molecule has 166 valence electrons. The van der Waals surface area contributed by atoms with E-state index in [0.29, 0.717) is 12.0 Å². The van der Waals surface area contributed by atoms with E-state index < -0.39 is 0 Å². The lowest BCUT2D eigenvalue weighted by atomic mass is 10.0. The first-order chi connectivity index (χ1) is 15.1. The van der Waals surface area contributed by atoms with Gasteiger partial charge in [-0.3, -0.25) is 0 Å². The molecule has 0 unspecified atom stereocenters. The first-order valence-electron chi connectivity index (χ1n) is 11.7. The van der Waals surface area contributed by atoms with Gasteiger partial charge in [0.1, 0.15) is 5.75 Å². The van der Waals surface area contributed by atoms with E-state index in [1.54, 1.807) is 7.11 Å². The molecule has 0 amide bonds. The second-order valence-electron chi connectivity index (χ2n) is 9.12. The van der Waals surface area contributed by atoms with Crippen LogP contribution in [0.4, 0.5) is 5.95 Å². The summed E-state index contributed by atoms with van der Waals surface area (Å²) in [6.45, 7) is 8.98. The van der Waals surface area contributed by atoms with Gasteiger partial charge >= 0.3 is 0 Å². The van der Waals surface area contributed by atoms with Crippen molar-refractivity contribution in [3.05, 3.63) is 54.1 Å². The van der Waals surface area contributed by atoms with Crippen LogP contribution in [0.2, 0.25) is 0 Å². The van der Waals surface area contributed by atoms with Gasteiger partial charge in [-0.2, -0.15) is 0 Å². The molecule has 2 aromatic carbocycles. The molecule has 0 bridgehead atoms. The van der Waals surface area contributed by atoms with E-state index >= 15 is 0 Å². The Bertz CT molecular complexity index is 955. The van der Waals surface area contributed by atoms with E-state index in [2.05, 4.69) is 77.2 Å². The van der Waals surface area contributed by atoms with Crippen molar-refractivity contribution in [2.24, 2.45) is 5.92 Å².